The van der Waals surface area contributed by atoms with Crippen LogP contribution in [0, 0.1) is 12.8 Å². The zero-order valence-corrected chi connectivity index (χ0v) is 19.8. The first-order valence-corrected chi connectivity index (χ1v) is 12.1. The molecule has 2 N–H and O–H groups in total. The largest absolute Gasteiger partial charge is 0.467 e. The molecule has 0 spiro atoms. The first-order valence-electron chi connectivity index (χ1n) is 12.1. The summed E-state index contributed by atoms with van der Waals surface area (Å²) in [6.45, 7) is 3.03. The number of amides is 1. The summed E-state index contributed by atoms with van der Waals surface area (Å²) >= 11 is 0. The highest BCUT2D eigenvalue weighted by molar-refractivity contribution is 5.94. The Kier molecular flexibility index (Phi) is 6.61. The lowest BCUT2D eigenvalue weighted by Crippen LogP contribution is -2.30. The second kappa shape index (κ2) is 10.1. The van der Waals surface area contributed by atoms with Gasteiger partial charge in [-0.2, -0.15) is 4.98 Å². The molecule has 1 amide bonds. The predicted octanol–water partition coefficient (Wildman–Crippen LogP) is 4.60. The van der Waals surface area contributed by atoms with Gasteiger partial charge in [-0.3, -0.25) is 14.2 Å². The van der Waals surface area contributed by atoms with E-state index in [9.17, 15) is 9.59 Å². The molecule has 0 bridgehead atoms. The first-order chi connectivity index (χ1) is 17.1. The van der Waals surface area contributed by atoms with E-state index in [4.69, 9.17) is 4.42 Å². The van der Waals surface area contributed by atoms with E-state index in [0.717, 1.165) is 16.8 Å². The number of aryl methyl sites for hydroxylation is 1. The van der Waals surface area contributed by atoms with Crippen molar-refractivity contribution in [3.63, 3.8) is 0 Å². The predicted molar refractivity (Wildman–Crippen MR) is 135 cm³/mol. The highest BCUT2D eigenvalue weighted by Crippen LogP contribution is 2.23. The van der Waals surface area contributed by atoms with E-state index in [1.807, 2.05) is 19.1 Å². The third-order valence-corrected chi connectivity index (χ3v) is 6.61. The van der Waals surface area contributed by atoms with Crippen LogP contribution in [0.4, 0.5) is 5.95 Å². The van der Waals surface area contributed by atoms with Crippen LogP contribution in [0.3, 0.4) is 0 Å². The number of hydrogen-bond acceptors (Lipinski definition) is 6. The van der Waals surface area contributed by atoms with Gasteiger partial charge in [-0.1, -0.05) is 19.3 Å². The van der Waals surface area contributed by atoms with Gasteiger partial charge in [0.2, 0.25) is 5.95 Å². The van der Waals surface area contributed by atoms with E-state index >= 15 is 0 Å². The minimum Gasteiger partial charge on any atom is -0.467 e. The Labute approximate surface area is 203 Å². The molecule has 180 valence electrons. The molecule has 0 radical (unpaired) electrons. The fourth-order valence-electron chi connectivity index (χ4n) is 4.67. The van der Waals surface area contributed by atoms with Gasteiger partial charge >= 0.3 is 0 Å². The zero-order chi connectivity index (χ0) is 24.2. The van der Waals surface area contributed by atoms with Crippen molar-refractivity contribution in [2.75, 3.05) is 11.9 Å². The van der Waals surface area contributed by atoms with Crippen LogP contribution in [0.25, 0.3) is 16.7 Å². The molecule has 0 atom stereocenters. The van der Waals surface area contributed by atoms with Crippen LogP contribution in [0.2, 0.25) is 0 Å². The number of pyridine rings is 1. The maximum absolute atomic E-state index is 12.9. The molecule has 1 aromatic carbocycles. The van der Waals surface area contributed by atoms with Gasteiger partial charge < -0.3 is 15.1 Å². The standard InChI is InChI=1S/C27H29N5O3/c1-18-23-13-14-24(33)32(25(23)31-27(30-18)29-17-22-8-5-15-35-22)21-11-9-20(10-12-21)26(34)28-16-19-6-3-2-4-7-19/h5,8-15,19H,2-4,6-7,16-17H2,1H3,(H,28,34)(H,29,30,31). The minimum absolute atomic E-state index is 0.0880. The summed E-state index contributed by atoms with van der Waals surface area (Å²) in [5, 5.41) is 7.00. The van der Waals surface area contributed by atoms with Gasteiger partial charge in [0.1, 0.15) is 5.76 Å². The lowest BCUT2D eigenvalue weighted by Gasteiger charge is -2.21. The highest BCUT2D eigenvalue weighted by Gasteiger charge is 2.16. The average molecular weight is 472 g/mol. The fraction of sp³-hybridized carbons (Fsp3) is 0.333. The van der Waals surface area contributed by atoms with E-state index in [-0.39, 0.29) is 11.5 Å². The van der Waals surface area contributed by atoms with E-state index in [1.54, 1.807) is 41.2 Å². The van der Waals surface area contributed by atoms with Gasteiger partial charge in [0.05, 0.1) is 24.2 Å². The summed E-state index contributed by atoms with van der Waals surface area (Å²) in [5.74, 6) is 1.65. The van der Waals surface area contributed by atoms with Crippen LogP contribution in [0.15, 0.2) is 64.0 Å². The van der Waals surface area contributed by atoms with Crippen molar-refractivity contribution < 1.29 is 9.21 Å². The van der Waals surface area contributed by atoms with E-state index in [2.05, 4.69) is 20.6 Å². The molecule has 8 nitrogen and oxygen atoms in total. The lowest BCUT2D eigenvalue weighted by molar-refractivity contribution is 0.0943. The van der Waals surface area contributed by atoms with E-state index in [1.165, 1.54) is 38.2 Å². The Morgan fingerprint density at radius 2 is 1.86 bits per heavy atom. The average Bonchev–Trinajstić information content (AvgIpc) is 3.40. The Morgan fingerprint density at radius 1 is 1.06 bits per heavy atom. The number of carbonyl (C=O) groups excluding carboxylic acids is 1. The maximum atomic E-state index is 12.9. The number of aromatic nitrogens is 3. The normalized spacial score (nSPS) is 14.2. The topological polar surface area (TPSA) is 102 Å². The number of fused-ring (bicyclic) bond motifs is 1. The molecule has 0 unspecified atom stereocenters. The van der Waals surface area contributed by atoms with Crippen molar-refractivity contribution >= 4 is 22.9 Å². The summed E-state index contributed by atoms with van der Waals surface area (Å²) in [6, 6.07) is 14.0. The molecule has 3 aromatic heterocycles. The monoisotopic (exact) mass is 471 g/mol. The maximum Gasteiger partial charge on any atom is 0.256 e. The van der Waals surface area contributed by atoms with Crippen LogP contribution >= 0.6 is 0 Å². The summed E-state index contributed by atoms with van der Waals surface area (Å²) < 4.78 is 6.91. The highest BCUT2D eigenvalue weighted by atomic mass is 16.3. The van der Waals surface area contributed by atoms with Gasteiger partial charge in [-0.15, -0.1) is 0 Å². The number of carbonyl (C=O) groups is 1. The SMILES string of the molecule is Cc1nc(NCc2ccco2)nc2c1ccc(=O)n2-c1ccc(C(=O)NCC2CCCCC2)cc1. The van der Waals surface area contributed by atoms with Crippen molar-refractivity contribution in [1.29, 1.82) is 0 Å². The minimum atomic E-state index is -0.206. The van der Waals surface area contributed by atoms with Gasteiger partial charge in [0.25, 0.3) is 11.5 Å². The summed E-state index contributed by atoms with van der Waals surface area (Å²) in [5.41, 5.74) is 2.26. The van der Waals surface area contributed by atoms with Crippen molar-refractivity contribution in [2.24, 2.45) is 5.92 Å². The molecule has 5 rings (SSSR count). The van der Waals surface area contributed by atoms with Crippen LogP contribution in [0.5, 0.6) is 0 Å². The quantitative estimate of drug-likeness (QED) is 0.408. The van der Waals surface area contributed by atoms with Crippen LogP contribution in [-0.4, -0.2) is 27.0 Å². The molecule has 1 saturated carbocycles. The van der Waals surface area contributed by atoms with Crippen LogP contribution in [-0.2, 0) is 6.54 Å². The van der Waals surface area contributed by atoms with Gasteiger partial charge in [-0.05, 0) is 68.1 Å². The Bertz CT molecular complexity index is 1370. The van der Waals surface area contributed by atoms with Gasteiger partial charge in [-0.25, -0.2) is 4.98 Å². The van der Waals surface area contributed by atoms with Crippen molar-refractivity contribution in [1.82, 2.24) is 19.9 Å². The molecule has 0 saturated heterocycles. The number of rotatable bonds is 7. The van der Waals surface area contributed by atoms with Crippen LogP contribution < -0.4 is 16.2 Å². The zero-order valence-electron chi connectivity index (χ0n) is 19.8. The molecule has 4 aromatic rings. The van der Waals surface area contributed by atoms with Crippen molar-refractivity contribution in [3.8, 4) is 5.69 Å². The summed E-state index contributed by atoms with van der Waals surface area (Å²) in [4.78, 5) is 34.7. The summed E-state index contributed by atoms with van der Waals surface area (Å²) in [6.07, 6.45) is 7.77. The number of nitrogens with one attached hydrogen (secondary N) is 2. The molecular weight excluding hydrogens is 442 g/mol. The van der Waals surface area contributed by atoms with Crippen molar-refractivity contribution in [3.05, 3.63) is 82.2 Å². The number of benzene rings is 1. The molecule has 1 aliphatic carbocycles. The molecule has 1 aliphatic rings. The molecule has 8 heteroatoms. The molecule has 1 fully saturated rings. The van der Waals surface area contributed by atoms with Gasteiger partial charge in [0, 0.05) is 23.6 Å². The Hall–Kier alpha value is -3.94. The lowest BCUT2D eigenvalue weighted by atomic mass is 9.89. The molecular formula is C27H29N5O3. The number of anilines is 1. The first kappa shape index (κ1) is 22.8. The van der Waals surface area contributed by atoms with Gasteiger partial charge in [0.15, 0.2) is 5.65 Å². The van der Waals surface area contributed by atoms with Crippen molar-refractivity contribution in [2.45, 2.75) is 45.6 Å². The third-order valence-electron chi connectivity index (χ3n) is 6.61. The second-order valence-electron chi connectivity index (χ2n) is 9.07. The molecule has 35 heavy (non-hydrogen) atoms. The number of furan rings is 1. The van der Waals surface area contributed by atoms with E-state index < -0.39 is 0 Å². The summed E-state index contributed by atoms with van der Waals surface area (Å²) in [7, 11) is 0. The van der Waals surface area contributed by atoms with E-state index in [0.29, 0.717) is 41.9 Å². The fourth-order valence-corrected chi connectivity index (χ4v) is 4.67. The number of hydrogen-bond donors (Lipinski definition) is 2. The number of nitrogens with zero attached hydrogens (tertiary/aromatic N) is 3. The Balaban J connectivity index is 1.39. The smallest absolute Gasteiger partial charge is 0.256 e. The Morgan fingerprint density at radius 3 is 2.60 bits per heavy atom. The third kappa shape index (κ3) is 5.11. The molecule has 0 aliphatic heterocycles. The molecule has 3 heterocycles. The second-order valence-corrected chi connectivity index (χ2v) is 9.07. The van der Waals surface area contributed by atoms with Crippen LogP contribution in [0.1, 0.15) is 53.9 Å².